The van der Waals surface area contributed by atoms with E-state index in [2.05, 4.69) is 0 Å². The summed E-state index contributed by atoms with van der Waals surface area (Å²) in [6.07, 6.45) is -0.370. The average molecular weight is 91.2 g/mol. The highest BCUT2D eigenvalue weighted by atomic mass is 16.3. The molecule has 0 aliphatic carbocycles. The second-order valence-electron chi connectivity index (χ2n) is 1.60. The summed E-state index contributed by atoms with van der Waals surface area (Å²) in [6, 6.07) is -0.0926. The molecule has 0 aliphatic heterocycles. The van der Waals surface area contributed by atoms with Crippen molar-refractivity contribution in [3.63, 3.8) is 0 Å². The molecule has 0 aromatic heterocycles. The predicted molar refractivity (Wildman–Crippen MR) is 27.4 cm³/mol. The third kappa shape index (κ3) is 2.18. The lowest BCUT2D eigenvalue weighted by atomic mass is 10.2. The van der Waals surface area contributed by atoms with E-state index in [0.29, 0.717) is 0 Å². The number of nitrogens with two attached hydrogens (primary N) is 1. The summed E-state index contributed by atoms with van der Waals surface area (Å²) in [7, 11) is 0. The van der Waals surface area contributed by atoms with Crippen LogP contribution in [0.1, 0.15) is 15.3 Å². The van der Waals surface area contributed by atoms with E-state index in [9.17, 15) is 0 Å². The average Bonchev–Trinajstić information content (AvgIpc) is 1.36. The standard InChI is InChI=1S/C4H11NO.H2/c1-3(5)4(2)6;/h3-4,6H,5H2,1-2H3;1H/t3?,4-;/m1./s1. The van der Waals surface area contributed by atoms with Crippen LogP contribution in [-0.2, 0) is 0 Å². The van der Waals surface area contributed by atoms with Crippen molar-refractivity contribution in [1.29, 1.82) is 0 Å². The van der Waals surface area contributed by atoms with Crippen molar-refractivity contribution in [2.45, 2.75) is 26.0 Å². The predicted octanol–water partition coefficient (Wildman–Crippen LogP) is -0.0396. The van der Waals surface area contributed by atoms with Crippen LogP contribution >= 0.6 is 0 Å². The smallest absolute Gasteiger partial charge is 0.0660 e. The van der Waals surface area contributed by atoms with E-state index < -0.39 is 0 Å². The molecule has 0 heterocycles. The molecule has 0 aromatic carbocycles. The minimum atomic E-state index is -0.370. The Labute approximate surface area is 39.5 Å². The van der Waals surface area contributed by atoms with E-state index >= 15 is 0 Å². The van der Waals surface area contributed by atoms with Crippen molar-refractivity contribution in [3.8, 4) is 0 Å². The summed E-state index contributed by atoms with van der Waals surface area (Å²) in [4.78, 5) is 0. The quantitative estimate of drug-likeness (QED) is 0.475. The number of rotatable bonds is 1. The summed E-state index contributed by atoms with van der Waals surface area (Å²) in [5, 5.41) is 8.50. The second-order valence-corrected chi connectivity index (χ2v) is 1.60. The molecule has 2 heteroatoms. The molecule has 0 amide bonds. The van der Waals surface area contributed by atoms with Gasteiger partial charge in [-0.3, -0.25) is 0 Å². The molecule has 40 valence electrons. The van der Waals surface area contributed by atoms with E-state index in [-0.39, 0.29) is 13.6 Å². The monoisotopic (exact) mass is 91.1 g/mol. The van der Waals surface area contributed by atoms with Crippen molar-refractivity contribution in [1.82, 2.24) is 0 Å². The number of aliphatic hydroxyl groups is 1. The summed E-state index contributed by atoms with van der Waals surface area (Å²) < 4.78 is 0. The third-order valence-electron chi connectivity index (χ3n) is 0.761. The van der Waals surface area contributed by atoms with Crippen molar-refractivity contribution in [2.75, 3.05) is 0 Å². The van der Waals surface area contributed by atoms with Crippen molar-refractivity contribution in [3.05, 3.63) is 0 Å². The number of hydrogen-bond acceptors (Lipinski definition) is 2. The summed E-state index contributed by atoms with van der Waals surface area (Å²) >= 11 is 0. The largest absolute Gasteiger partial charge is 0.392 e. The molecule has 0 bridgehead atoms. The summed E-state index contributed by atoms with van der Waals surface area (Å²) in [6.45, 7) is 3.44. The molecular formula is C4H13NO. The zero-order chi connectivity index (χ0) is 5.15. The van der Waals surface area contributed by atoms with E-state index in [1.807, 2.05) is 0 Å². The van der Waals surface area contributed by atoms with Gasteiger partial charge in [-0.2, -0.15) is 0 Å². The van der Waals surface area contributed by atoms with E-state index in [1.165, 1.54) is 0 Å². The molecule has 0 aromatic rings. The normalized spacial score (nSPS) is 20.0. The minimum Gasteiger partial charge on any atom is -0.392 e. The summed E-state index contributed by atoms with van der Waals surface area (Å²) in [5.41, 5.74) is 5.19. The van der Waals surface area contributed by atoms with Gasteiger partial charge in [0.25, 0.3) is 0 Å². The maximum Gasteiger partial charge on any atom is 0.0660 e. The van der Waals surface area contributed by atoms with Crippen molar-refractivity contribution in [2.24, 2.45) is 5.73 Å². The molecule has 0 saturated heterocycles. The van der Waals surface area contributed by atoms with Gasteiger partial charge in [0.2, 0.25) is 0 Å². The van der Waals surface area contributed by atoms with Crippen LogP contribution in [-0.4, -0.2) is 17.3 Å². The van der Waals surface area contributed by atoms with Crippen LogP contribution in [0.2, 0.25) is 0 Å². The van der Waals surface area contributed by atoms with Crippen LogP contribution in [0, 0.1) is 0 Å². The SMILES string of the molecule is CC(N)[C@@H](C)O.[HH]. The van der Waals surface area contributed by atoms with Gasteiger partial charge in [-0.1, -0.05) is 0 Å². The van der Waals surface area contributed by atoms with Crippen LogP contribution in [0.25, 0.3) is 0 Å². The zero-order valence-electron chi connectivity index (χ0n) is 4.18. The molecule has 0 rings (SSSR count). The highest BCUT2D eigenvalue weighted by Crippen LogP contribution is 1.81. The lowest BCUT2D eigenvalue weighted by molar-refractivity contribution is 0.170. The van der Waals surface area contributed by atoms with Gasteiger partial charge in [-0.05, 0) is 13.8 Å². The Kier molecular flexibility index (Phi) is 2.13. The van der Waals surface area contributed by atoms with E-state index in [1.54, 1.807) is 13.8 Å². The number of hydrogen-bond donors (Lipinski definition) is 2. The first-order chi connectivity index (χ1) is 2.64. The molecule has 1 unspecified atom stereocenters. The Morgan fingerprint density at radius 2 is 1.83 bits per heavy atom. The molecule has 0 aliphatic rings. The Bertz CT molecular complexity index is 32.7. The van der Waals surface area contributed by atoms with E-state index in [0.717, 1.165) is 0 Å². The van der Waals surface area contributed by atoms with Crippen molar-refractivity contribution < 1.29 is 6.53 Å². The molecule has 2 nitrogen and oxygen atoms in total. The topological polar surface area (TPSA) is 46.2 Å². The second kappa shape index (κ2) is 2.16. The Morgan fingerprint density at radius 3 is 1.83 bits per heavy atom. The lowest BCUT2D eigenvalue weighted by Crippen LogP contribution is -2.28. The first-order valence-electron chi connectivity index (χ1n) is 2.08. The lowest BCUT2D eigenvalue weighted by Gasteiger charge is -2.04. The number of aliphatic hydroxyl groups excluding tert-OH is 1. The zero-order valence-corrected chi connectivity index (χ0v) is 4.18. The maximum atomic E-state index is 8.50. The van der Waals surface area contributed by atoms with Crippen LogP contribution < -0.4 is 5.73 Å². The first kappa shape index (κ1) is 5.92. The maximum absolute atomic E-state index is 8.50. The van der Waals surface area contributed by atoms with Gasteiger partial charge in [0, 0.05) is 7.47 Å². The van der Waals surface area contributed by atoms with Gasteiger partial charge in [0.15, 0.2) is 0 Å². The van der Waals surface area contributed by atoms with Gasteiger partial charge in [0.1, 0.15) is 0 Å². The molecule has 2 atom stereocenters. The Morgan fingerprint density at radius 1 is 1.67 bits per heavy atom. The highest BCUT2D eigenvalue weighted by molar-refractivity contribution is 4.57. The fraction of sp³-hybridized carbons (Fsp3) is 1.00. The van der Waals surface area contributed by atoms with Crippen molar-refractivity contribution >= 4 is 0 Å². The molecule has 3 N–H and O–H groups in total. The van der Waals surface area contributed by atoms with Gasteiger partial charge in [-0.25, -0.2) is 0 Å². The molecule has 0 spiro atoms. The molecule has 0 saturated carbocycles. The molecular weight excluding hydrogens is 78.0 g/mol. The third-order valence-corrected chi connectivity index (χ3v) is 0.761. The molecule has 0 radical (unpaired) electrons. The van der Waals surface area contributed by atoms with Crippen LogP contribution in [0.5, 0.6) is 0 Å². The van der Waals surface area contributed by atoms with Gasteiger partial charge in [0.05, 0.1) is 6.10 Å². The molecule has 6 heavy (non-hydrogen) atoms. The Hall–Kier alpha value is -0.0800. The van der Waals surface area contributed by atoms with Gasteiger partial charge in [-0.15, -0.1) is 0 Å². The Balaban J connectivity index is 0. The van der Waals surface area contributed by atoms with Gasteiger partial charge >= 0.3 is 0 Å². The first-order valence-corrected chi connectivity index (χ1v) is 2.08. The highest BCUT2D eigenvalue weighted by Gasteiger charge is 1.97. The fourth-order valence-electron chi connectivity index (χ4n) is 0. The van der Waals surface area contributed by atoms with E-state index in [4.69, 9.17) is 10.8 Å². The van der Waals surface area contributed by atoms with Crippen LogP contribution in [0.15, 0.2) is 0 Å². The van der Waals surface area contributed by atoms with Crippen LogP contribution in [0.3, 0.4) is 0 Å². The fourth-order valence-corrected chi connectivity index (χ4v) is 0. The minimum absolute atomic E-state index is 0. The van der Waals surface area contributed by atoms with Gasteiger partial charge < -0.3 is 10.8 Å². The summed E-state index contributed by atoms with van der Waals surface area (Å²) in [5.74, 6) is 0. The molecule has 0 fully saturated rings. The van der Waals surface area contributed by atoms with Crippen LogP contribution in [0.4, 0.5) is 0 Å².